The second-order valence-corrected chi connectivity index (χ2v) is 6.65. The maximum Gasteiger partial charge on any atom is 0.178 e. The average molecular weight is 405 g/mol. The van der Waals surface area contributed by atoms with Gasteiger partial charge in [-0.15, -0.1) is 12.4 Å². The Morgan fingerprint density at radius 3 is 2.75 bits per heavy atom. The molecule has 0 spiro atoms. The molecule has 0 bridgehead atoms. The van der Waals surface area contributed by atoms with Gasteiger partial charge in [0.1, 0.15) is 5.82 Å². The fraction of sp³-hybridized carbons (Fsp3) is 0.429. The first-order valence-electron chi connectivity index (χ1n) is 9.36. The summed E-state index contributed by atoms with van der Waals surface area (Å²) in [5, 5.41) is 8.04. The molecule has 0 aliphatic carbocycles. The molecule has 7 heteroatoms. The van der Waals surface area contributed by atoms with Crippen molar-refractivity contribution < 1.29 is 9.47 Å². The average Bonchev–Trinajstić information content (AvgIpc) is 3.04. The van der Waals surface area contributed by atoms with E-state index in [9.17, 15) is 0 Å². The summed E-state index contributed by atoms with van der Waals surface area (Å²) in [5.41, 5.74) is 6.86. The number of nitrogens with one attached hydrogen (secondary N) is 1. The summed E-state index contributed by atoms with van der Waals surface area (Å²) in [6.45, 7) is 8.67. The first-order valence-corrected chi connectivity index (χ1v) is 9.36. The van der Waals surface area contributed by atoms with E-state index in [-0.39, 0.29) is 12.4 Å². The van der Waals surface area contributed by atoms with Crippen molar-refractivity contribution in [1.82, 2.24) is 14.6 Å². The van der Waals surface area contributed by atoms with E-state index in [0.29, 0.717) is 19.8 Å². The number of benzene rings is 1. The van der Waals surface area contributed by atoms with Crippen molar-refractivity contribution in [1.29, 1.82) is 0 Å². The molecule has 0 fully saturated rings. The van der Waals surface area contributed by atoms with Crippen LogP contribution in [0.4, 0.5) is 5.69 Å². The van der Waals surface area contributed by atoms with Crippen LogP contribution < -0.4 is 5.32 Å². The predicted molar refractivity (Wildman–Crippen MR) is 114 cm³/mol. The van der Waals surface area contributed by atoms with E-state index in [0.717, 1.165) is 35.7 Å². The Morgan fingerprint density at radius 1 is 1.18 bits per heavy atom. The molecule has 3 aromatic rings. The van der Waals surface area contributed by atoms with Gasteiger partial charge >= 0.3 is 0 Å². The number of anilines is 1. The number of rotatable bonds is 9. The van der Waals surface area contributed by atoms with Gasteiger partial charge in [-0.25, -0.2) is 9.50 Å². The second kappa shape index (κ2) is 10.4. The van der Waals surface area contributed by atoms with Crippen molar-refractivity contribution in [2.45, 2.75) is 40.3 Å². The van der Waals surface area contributed by atoms with Gasteiger partial charge in [0.25, 0.3) is 0 Å². The van der Waals surface area contributed by atoms with Gasteiger partial charge in [0.2, 0.25) is 0 Å². The van der Waals surface area contributed by atoms with Crippen LogP contribution in [0.2, 0.25) is 0 Å². The number of methoxy groups -OCH3 is 1. The Labute approximate surface area is 172 Å². The number of aryl methyl sites for hydroxylation is 3. The lowest BCUT2D eigenvalue weighted by atomic mass is 10.00. The largest absolute Gasteiger partial charge is 0.382 e. The Hall–Kier alpha value is -2.15. The number of halogens is 1. The fourth-order valence-corrected chi connectivity index (χ4v) is 3.22. The molecule has 0 radical (unpaired) electrons. The molecule has 1 aromatic carbocycles. The Kier molecular flexibility index (Phi) is 8.23. The summed E-state index contributed by atoms with van der Waals surface area (Å²) in [7, 11) is 1.67. The lowest BCUT2D eigenvalue weighted by Crippen LogP contribution is -2.08. The minimum Gasteiger partial charge on any atom is -0.382 e. The van der Waals surface area contributed by atoms with Crippen LogP contribution in [0.1, 0.15) is 35.0 Å². The third-order valence-corrected chi connectivity index (χ3v) is 4.64. The summed E-state index contributed by atoms with van der Waals surface area (Å²) in [5.74, 6) is 0.751. The Bertz CT molecular complexity index is 911. The van der Waals surface area contributed by atoms with Crippen LogP contribution in [-0.4, -0.2) is 34.9 Å². The van der Waals surface area contributed by atoms with Gasteiger partial charge < -0.3 is 14.8 Å². The maximum atomic E-state index is 5.67. The van der Waals surface area contributed by atoms with Crippen molar-refractivity contribution in [3.8, 4) is 0 Å². The summed E-state index contributed by atoms with van der Waals surface area (Å²) < 4.78 is 12.5. The van der Waals surface area contributed by atoms with Crippen LogP contribution in [0.3, 0.4) is 0 Å². The van der Waals surface area contributed by atoms with E-state index in [2.05, 4.69) is 53.5 Å². The molecule has 0 amide bonds. The summed E-state index contributed by atoms with van der Waals surface area (Å²) in [6, 6.07) is 8.57. The molecular formula is C21H29ClN4O2. The smallest absolute Gasteiger partial charge is 0.178 e. The minimum absolute atomic E-state index is 0. The molecule has 0 saturated heterocycles. The van der Waals surface area contributed by atoms with Crippen molar-refractivity contribution >= 4 is 23.7 Å². The quantitative estimate of drug-likeness (QED) is 0.544. The topological polar surface area (TPSA) is 60.7 Å². The highest BCUT2D eigenvalue weighted by molar-refractivity contribution is 5.85. The molecule has 3 rings (SSSR count). The van der Waals surface area contributed by atoms with Crippen molar-refractivity contribution in [3.63, 3.8) is 0 Å². The third kappa shape index (κ3) is 5.22. The molecule has 0 aliphatic heterocycles. The zero-order valence-corrected chi connectivity index (χ0v) is 17.8. The van der Waals surface area contributed by atoms with Gasteiger partial charge in [0.05, 0.1) is 25.5 Å². The van der Waals surface area contributed by atoms with Crippen LogP contribution >= 0.6 is 12.4 Å². The SMILES string of the molecule is CCc1cccc(C)c1CNc1cc(COCCOC)cn2nc(C)nc12.Cl. The van der Waals surface area contributed by atoms with Crippen LogP contribution in [0.15, 0.2) is 30.5 Å². The predicted octanol–water partition coefficient (Wildman–Crippen LogP) is 4.11. The molecule has 2 aromatic heterocycles. The van der Waals surface area contributed by atoms with E-state index in [1.54, 1.807) is 7.11 Å². The number of fused-ring (bicyclic) bond motifs is 1. The highest BCUT2D eigenvalue weighted by Gasteiger charge is 2.11. The molecule has 0 unspecified atom stereocenters. The Morgan fingerprint density at radius 2 is 2.00 bits per heavy atom. The lowest BCUT2D eigenvalue weighted by Gasteiger charge is -2.14. The van der Waals surface area contributed by atoms with E-state index in [1.807, 2.05) is 17.6 Å². The molecule has 0 atom stereocenters. The summed E-state index contributed by atoms with van der Waals surface area (Å²) in [4.78, 5) is 4.57. The van der Waals surface area contributed by atoms with E-state index < -0.39 is 0 Å². The van der Waals surface area contributed by atoms with Crippen LogP contribution in [0.25, 0.3) is 5.65 Å². The number of aromatic nitrogens is 3. The molecule has 2 heterocycles. The Balaban J connectivity index is 0.00000280. The van der Waals surface area contributed by atoms with Crippen LogP contribution in [0.5, 0.6) is 0 Å². The molecule has 6 nitrogen and oxygen atoms in total. The highest BCUT2D eigenvalue weighted by atomic mass is 35.5. The van der Waals surface area contributed by atoms with Gasteiger partial charge in [0, 0.05) is 19.9 Å². The molecule has 152 valence electrons. The number of pyridine rings is 1. The van der Waals surface area contributed by atoms with E-state index in [4.69, 9.17) is 9.47 Å². The van der Waals surface area contributed by atoms with E-state index >= 15 is 0 Å². The standard InChI is InChI=1S/C21H28N4O2.ClH/c1-5-18-8-6-7-15(2)19(18)12-22-20-11-17(14-27-10-9-26-4)13-25-21(20)23-16(3)24-25;/h6-8,11,13,22H,5,9-10,12,14H2,1-4H3;1H. The lowest BCUT2D eigenvalue weighted by molar-refractivity contribution is 0.0615. The number of hydrogen-bond donors (Lipinski definition) is 1. The third-order valence-electron chi connectivity index (χ3n) is 4.64. The van der Waals surface area contributed by atoms with Crippen molar-refractivity contribution in [2.24, 2.45) is 0 Å². The van der Waals surface area contributed by atoms with Gasteiger partial charge in [-0.05, 0) is 48.6 Å². The second-order valence-electron chi connectivity index (χ2n) is 6.65. The van der Waals surface area contributed by atoms with Gasteiger partial charge in [-0.3, -0.25) is 0 Å². The van der Waals surface area contributed by atoms with Gasteiger partial charge in [0.15, 0.2) is 5.65 Å². The minimum atomic E-state index is 0. The normalized spacial score (nSPS) is 10.9. The maximum absolute atomic E-state index is 5.67. The number of hydrogen-bond acceptors (Lipinski definition) is 5. The highest BCUT2D eigenvalue weighted by Crippen LogP contribution is 2.22. The van der Waals surface area contributed by atoms with Gasteiger partial charge in [-0.1, -0.05) is 25.1 Å². The first kappa shape index (κ1) is 22.1. The van der Waals surface area contributed by atoms with Crippen LogP contribution in [0, 0.1) is 13.8 Å². The summed E-state index contributed by atoms with van der Waals surface area (Å²) >= 11 is 0. The molecular weight excluding hydrogens is 376 g/mol. The monoisotopic (exact) mass is 404 g/mol. The number of nitrogens with zero attached hydrogens (tertiary/aromatic N) is 3. The molecule has 0 saturated carbocycles. The van der Waals surface area contributed by atoms with Crippen LogP contribution in [-0.2, 0) is 29.0 Å². The summed E-state index contributed by atoms with van der Waals surface area (Å²) in [6.07, 6.45) is 2.99. The molecule has 0 aliphatic rings. The fourth-order valence-electron chi connectivity index (χ4n) is 3.22. The van der Waals surface area contributed by atoms with Crippen molar-refractivity contribution in [3.05, 3.63) is 58.5 Å². The van der Waals surface area contributed by atoms with Gasteiger partial charge in [-0.2, -0.15) is 5.10 Å². The first-order chi connectivity index (χ1) is 13.1. The zero-order valence-electron chi connectivity index (χ0n) is 17.0. The zero-order chi connectivity index (χ0) is 19.2. The number of ether oxygens (including phenoxy) is 2. The molecule has 1 N–H and O–H groups in total. The molecule has 28 heavy (non-hydrogen) atoms. The van der Waals surface area contributed by atoms with Crippen molar-refractivity contribution in [2.75, 3.05) is 25.6 Å². The van der Waals surface area contributed by atoms with E-state index in [1.165, 1.54) is 16.7 Å².